The van der Waals surface area contributed by atoms with Crippen molar-refractivity contribution in [3.63, 3.8) is 0 Å². The summed E-state index contributed by atoms with van der Waals surface area (Å²) in [5.74, 6) is -0.0460. The molecule has 0 atom stereocenters. The summed E-state index contributed by atoms with van der Waals surface area (Å²) in [7, 11) is 0. The molecule has 1 amide bonds. The Labute approximate surface area is 120 Å². The number of hydrogen-bond donors (Lipinski definition) is 3. The molecule has 0 spiro atoms. The number of carbonyl (C=O) groups is 1. The highest BCUT2D eigenvalue weighted by atomic mass is 79.9. The van der Waals surface area contributed by atoms with Gasteiger partial charge in [-0.2, -0.15) is 0 Å². The van der Waals surface area contributed by atoms with Crippen LogP contribution in [0.5, 0.6) is 0 Å². The van der Waals surface area contributed by atoms with Crippen LogP contribution in [-0.2, 0) is 4.79 Å². The summed E-state index contributed by atoms with van der Waals surface area (Å²) >= 11 is 8.30. The van der Waals surface area contributed by atoms with Crippen molar-refractivity contribution in [1.82, 2.24) is 5.32 Å². The van der Waals surface area contributed by atoms with E-state index in [4.69, 9.17) is 18.0 Å². The average Bonchev–Trinajstić information content (AvgIpc) is 2.26. The fourth-order valence-electron chi connectivity index (χ4n) is 1.36. The van der Waals surface area contributed by atoms with Gasteiger partial charge in [0, 0.05) is 21.8 Å². The van der Waals surface area contributed by atoms with Crippen LogP contribution < -0.4 is 16.4 Å². The van der Waals surface area contributed by atoms with E-state index in [2.05, 4.69) is 26.6 Å². The molecule has 0 aliphatic heterocycles. The minimum absolute atomic E-state index is 0.0460. The summed E-state index contributed by atoms with van der Waals surface area (Å²) in [6.45, 7) is 4.07. The second-order valence-corrected chi connectivity index (χ2v) is 5.43. The van der Waals surface area contributed by atoms with Crippen molar-refractivity contribution in [1.29, 1.82) is 0 Å². The first-order valence-electron chi connectivity index (χ1n) is 5.52. The molecule has 0 fully saturated rings. The van der Waals surface area contributed by atoms with Crippen molar-refractivity contribution in [3.05, 3.63) is 28.2 Å². The van der Waals surface area contributed by atoms with Gasteiger partial charge in [0.25, 0.3) is 0 Å². The number of benzene rings is 1. The molecule has 0 unspecified atom stereocenters. The molecule has 4 N–H and O–H groups in total. The maximum absolute atomic E-state index is 11.5. The predicted molar refractivity (Wildman–Crippen MR) is 81.8 cm³/mol. The minimum Gasteiger partial charge on any atom is -0.389 e. The van der Waals surface area contributed by atoms with Gasteiger partial charge in [-0.05, 0) is 48.0 Å². The number of thiocarbonyl (C=S) groups is 1. The Morgan fingerprint density at radius 3 is 2.67 bits per heavy atom. The lowest BCUT2D eigenvalue weighted by Crippen LogP contribution is -2.34. The molecule has 0 bridgehead atoms. The first-order chi connectivity index (χ1) is 8.40. The third kappa shape index (κ3) is 4.62. The number of amides is 1. The lowest BCUT2D eigenvalue weighted by Gasteiger charge is -2.11. The molecule has 98 valence electrons. The lowest BCUT2D eigenvalue weighted by atomic mass is 10.2. The predicted octanol–water partition coefficient (Wildman–Crippen LogP) is 2.02. The normalized spacial score (nSPS) is 10.2. The van der Waals surface area contributed by atoms with Crippen LogP contribution in [0.4, 0.5) is 5.69 Å². The van der Waals surface area contributed by atoms with Gasteiger partial charge in [-0.3, -0.25) is 4.79 Å². The Bertz CT molecular complexity index is 463. The monoisotopic (exact) mass is 329 g/mol. The number of nitrogens with one attached hydrogen (secondary N) is 2. The van der Waals surface area contributed by atoms with Gasteiger partial charge in [-0.25, -0.2) is 0 Å². The molecule has 0 aromatic heterocycles. The van der Waals surface area contributed by atoms with E-state index < -0.39 is 0 Å². The Morgan fingerprint density at radius 1 is 1.50 bits per heavy atom. The van der Waals surface area contributed by atoms with Crippen molar-refractivity contribution in [2.24, 2.45) is 5.73 Å². The van der Waals surface area contributed by atoms with E-state index in [9.17, 15) is 4.79 Å². The van der Waals surface area contributed by atoms with Crippen LogP contribution in [0, 0.1) is 0 Å². The van der Waals surface area contributed by atoms with E-state index in [1.165, 1.54) is 0 Å². The SMILES string of the molecule is CC(C)NC(=O)CNc1ccc(C(N)=S)cc1Br. The molecular weight excluding hydrogens is 314 g/mol. The second kappa shape index (κ2) is 6.70. The molecule has 0 heterocycles. The Morgan fingerprint density at radius 2 is 2.17 bits per heavy atom. The van der Waals surface area contributed by atoms with Gasteiger partial charge in [-0.15, -0.1) is 0 Å². The van der Waals surface area contributed by atoms with E-state index >= 15 is 0 Å². The molecule has 0 aliphatic rings. The number of carbonyl (C=O) groups excluding carboxylic acids is 1. The van der Waals surface area contributed by atoms with E-state index in [0.29, 0.717) is 4.99 Å². The van der Waals surface area contributed by atoms with Crippen LogP contribution in [0.15, 0.2) is 22.7 Å². The number of anilines is 1. The van der Waals surface area contributed by atoms with Crippen molar-refractivity contribution >= 4 is 44.7 Å². The molecule has 4 nitrogen and oxygen atoms in total. The zero-order chi connectivity index (χ0) is 13.7. The summed E-state index contributed by atoms with van der Waals surface area (Å²) in [6, 6.07) is 5.61. The van der Waals surface area contributed by atoms with Gasteiger partial charge >= 0.3 is 0 Å². The number of rotatable bonds is 5. The second-order valence-electron chi connectivity index (χ2n) is 4.13. The van der Waals surface area contributed by atoms with Gasteiger partial charge in [0.15, 0.2) is 0 Å². The number of halogens is 1. The van der Waals surface area contributed by atoms with Crippen LogP contribution in [0.2, 0.25) is 0 Å². The summed E-state index contributed by atoms with van der Waals surface area (Å²) in [4.78, 5) is 11.8. The Hall–Kier alpha value is -1.14. The summed E-state index contributed by atoms with van der Waals surface area (Å²) in [5.41, 5.74) is 7.15. The van der Waals surface area contributed by atoms with Crippen LogP contribution in [0.3, 0.4) is 0 Å². The van der Waals surface area contributed by atoms with Crippen molar-refractivity contribution in [3.8, 4) is 0 Å². The molecule has 0 radical (unpaired) electrons. The van der Waals surface area contributed by atoms with Crippen molar-refractivity contribution < 1.29 is 4.79 Å². The summed E-state index contributed by atoms with van der Waals surface area (Å²) in [5, 5.41) is 5.85. The molecule has 1 aromatic rings. The Kier molecular flexibility index (Phi) is 5.55. The Balaban J connectivity index is 2.63. The van der Waals surface area contributed by atoms with E-state index in [1.54, 1.807) is 0 Å². The van der Waals surface area contributed by atoms with E-state index in [1.807, 2.05) is 32.0 Å². The van der Waals surface area contributed by atoms with Crippen molar-refractivity contribution in [2.45, 2.75) is 19.9 Å². The molecule has 6 heteroatoms. The number of hydrogen-bond acceptors (Lipinski definition) is 3. The highest BCUT2D eigenvalue weighted by Crippen LogP contribution is 2.23. The van der Waals surface area contributed by atoms with E-state index in [-0.39, 0.29) is 18.5 Å². The number of nitrogens with two attached hydrogens (primary N) is 1. The topological polar surface area (TPSA) is 67.2 Å². The molecule has 0 aliphatic carbocycles. The standard InChI is InChI=1S/C12H16BrN3OS/c1-7(2)16-11(17)6-15-10-4-3-8(12(14)18)5-9(10)13/h3-5,7,15H,6H2,1-2H3,(H2,14,18)(H,16,17). The zero-order valence-corrected chi connectivity index (χ0v) is 12.7. The van der Waals surface area contributed by atoms with Crippen LogP contribution in [-0.4, -0.2) is 23.5 Å². The first kappa shape index (κ1) is 14.9. The van der Waals surface area contributed by atoms with Gasteiger partial charge in [0.2, 0.25) is 5.91 Å². The highest BCUT2D eigenvalue weighted by Gasteiger charge is 2.06. The van der Waals surface area contributed by atoms with Crippen LogP contribution >= 0.6 is 28.1 Å². The minimum atomic E-state index is -0.0460. The molecule has 0 saturated carbocycles. The fraction of sp³-hybridized carbons (Fsp3) is 0.333. The van der Waals surface area contributed by atoms with Crippen molar-refractivity contribution in [2.75, 3.05) is 11.9 Å². The van der Waals surface area contributed by atoms with Gasteiger partial charge < -0.3 is 16.4 Å². The molecule has 1 aromatic carbocycles. The third-order valence-electron chi connectivity index (χ3n) is 2.14. The smallest absolute Gasteiger partial charge is 0.239 e. The van der Waals surface area contributed by atoms with Crippen LogP contribution in [0.1, 0.15) is 19.4 Å². The third-order valence-corrected chi connectivity index (χ3v) is 3.03. The summed E-state index contributed by atoms with van der Waals surface area (Å²) in [6.07, 6.45) is 0. The molecule has 0 saturated heterocycles. The average molecular weight is 330 g/mol. The molecule has 18 heavy (non-hydrogen) atoms. The van der Waals surface area contributed by atoms with Gasteiger partial charge in [0.1, 0.15) is 4.99 Å². The lowest BCUT2D eigenvalue weighted by molar-refractivity contribution is -0.119. The van der Waals surface area contributed by atoms with Gasteiger partial charge in [0.05, 0.1) is 6.54 Å². The molecule has 1 rings (SSSR count). The first-order valence-corrected chi connectivity index (χ1v) is 6.73. The molecular formula is C12H16BrN3OS. The highest BCUT2D eigenvalue weighted by molar-refractivity contribution is 9.10. The summed E-state index contributed by atoms with van der Waals surface area (Å²) < 4.78 is 0.824. The largest absolute Gasteiger partial charge is 0.389 e. The maximum atomic E-state index is 11.5. The van der Waals surface area contributed by atoms with Crippen LogP contribution in [0.25, 0.3) is 0 Å². The quantitative estimate of drug-likeness (QED) is 0.723. The zero-order valence-electron chi connectivity index (χ0n) is 10.3. The maximum Gasteiger partial charge on any atom is 0.239 e. The van der Waals surface area contributed by atoms with E-state index in [0.717, 1.165) is 15.7 Å². The fourth-order valence-corrected chi connectivity index (χ4v) is 2.01. The van der Waals surface area contributed by atoms with Gasteiger partial charge in [-0.1, -0.05) is 12.2 Å².